The summed E-state index contributed by atoms with van der Waals surface area (Å²) >= 11 is 1.26. The summed E-state index contributed by atoms with van der Waals surface area (Å²) in [6.45, 7) is 4.20. The van der Waals surface area contributed by atoms with Gasteiger partial charge >= 0.3 is 0 Å². The van der Waals surface area contributed by atoms with Gasteiger partial charge in [0.25, 0.3) is 5.91 Å². The van der Waals surface area contributed by atoms with E-state index in [-0.39, 0.29) is 11.3 Å². The number of para-hydroxylation sites is 1. The van der Waals surface area contributed by atoms with Gasteiger partial charge in [-0.1, -0.05) is 24.3 Å². The molecule has 9 heteroatoms. The third-order valence-electron chi connectivity index (χ3n) is 5.72. The lowest BCUT2D eigenvalue weighted by molar-refractivity contribution is -0.117. The number of amides is 1. The average Bonchev–Trinajstić information content (AvgIpc) is 3.55. The highest BCUT2D eigenvalue weighted by molar-refractivity contribution is 7.14. The molecule has 1 aliphatic rings. The van der Waals surface area contributed by atoms with Crippen LogP contribution in [0.25, 0.3) is 11.0 Å². The Bertz CT molecular complexity index is 1470. The van der Waals surface area contributed by atoms with Gasteiger partial charge in [0.05, 0.1) is 31.0 Å². The number of thiazole rings is 1. The fraction of sp³-hybridized carbons (Fsp3) is 0.192. The summed E-state index contributed by atoms with van der Waals surface area (Å²) in [5, 5.41) is 13.8. The summed E-state index contributed by atoms with van der Waals surface area (Å²) in [5.74, 6) is -0.798. The number of aryl methyl sites for hydroxylation is 1. The van der Waals surface area contributed by atoms with Crippen molar-refractivity contribution in [1.82, 2.24) is 4.98 Å². The van der Waals surface area contributed by atoms with Crippen LogP contribution in [0.15, 0.2) is 69.7 Å². The van der Waals surface area contributed by atoms with Crippen molar-refractivity contribution in [3.63, 3.8) is 0 Å². The molecule has 1 N–H and O–H groups in total. The number of carbonyl (C=O) groups is 2. The molecule has 0 radical (unpaired) electrons. The molecule has 5 rings (SSSR count). The number of Topliss-reactive ketones (excluding diaryl/α,β-unsaturated/α-hetero) is 1. The smallest absolute Gasteiger partial charge is 0.296 e. The van der Waals surface area contributed by atoms with Crippen LogP contribution in [0, 0.1) is 6.92 Å². The highest BCUT2D eigenvalue weighted by Gasteiger charge is 2.46. The van der Waals surface area contributed by atoms with Crippen LogP contribution in [-0.4, -0.2) is 35.5 Å². The first-order chi connectivity index (χ1) is 16.9. The molecule has 0 spiro atoms. The highest BCUT2D eigenvalue weighted by atomic mass is 32.1. The van der Waals surface area contributed by atoms with Gasteiger partial charge in [0.15, 0.2) is 28.0 Å². The quantitative estimate of drug-likeness (QED) is 0.347. The zero-order chi connectivity index (χ0) is 24.7. The number of methoxy groups -OCH3 is 1. The Kier molecular flexibility index (Phi) is 5.78. The molecule has 0 bridgehead atoms. The molecule has 0 fully saturated rings. The van der Waals surface area contributed by atoms with Crippen LogP contribution in [0.5, 0.6) is 11.5 Å². The van der Waals surface area contributed by atoms with Gasteiger partial charge in [0.1, 0.15) is 5.75 Å². The molecular weight excluding hydrogens is 468 g/mol. The van der Waals surface area contributed by atoms with Crippen molar-refractivity contribution in [3.8, 4) is 11.5 Å². The maximum atomic E-state index is 13.7. The SMILES string of the molecule is CCOc1ccc(C2C(C(=O)c3cc4cccc(OC)c4o3)=C(O)C(=O)N2c2nc(C)cs2)cc1. The Balaban J connectivity index is 1.63. The molecule has 3 heterocycles. The van der Waals surface area contributed by atoms with Gasteiger partial charge < -0.3 is 19.0 Å². The largest absolute Gasteiger partial charge is 0.503 e. The predicted molar refractivity (Wildman–Crippen MR) is 131 cm³/mol. The molecular formula is C26H22N2O6S. The number of rotatable bonds is 7. The Labute approximate surface area is 205 Å². The highest BCUT2D eigenvalue weighted by Crippen LogP contribution is 2.43. The van der Waals surface area contributed by atoms with Crippen molar-refractivity contribution in [3.05, 3.63) is 82.3 Å². The van der Waals surface area contributed by atoms with E-state index in [2.05, 4.69) is 4.98 Å². The number of furan rings is 1. The van der Waals surface area contributed by atoms with E-state index in [0.29, 0.717) is 39.8 Å². The van der Waals surface area contributed by atoms with E-state index in [0.717, 1.165) is 5.69 Å². The van der Waals surface area contributed by atoms with E-state index < -0.39 is 23.5 Å². The minimum Gasteiger partial charge on any atom is -0.503 e. The van der Waals surface area contributed by atoms with Crippen molar-refractivity contribution >= 4 is 39.1 Å². The van der Waals surface area contributed by atoms with Crippen molar-refractivity contribution < 1.29 is 28.6 Å². The average molecular weight is 491 g/mol. The molecule has 178 valence electrons. The molecule has 0 saturated heterocycles. The molecule has 1 aliphatic heterocycles. The number of benzene rings is 2. The number of aliphatic hydroxyl groups excluding tert-OH is 1. The molecule has 1 atom stereocenters. The Morgan fingerprint density at radius 3 is 2.66 bits per heavy atom. The lowest BCUT2D eigenvalue weighted by Crippen LogP contribution is -2.31. The Hall–Kier alpha value is -4.11. The van der Waals surface area contributed by atoms with Crippen LogP contribution in [0.2, 0.25) is 0 Å². The monoisotopic (exact) mass is 490 g/mol. The van der Waals surface area contributed by atoms with E-state index in [1.54, 1.807) is 53.9 Å². The van der Waals surface area contributed by atoms with Crippen LogP contribution >= 0.6 is 11.3 Å². The molecule has 8 nitrogen and oxygen atoms in total. The summed E-state index contributed by atoms with van der Waals surface area (Å²) in [5.41, 5.74) is 1.68. The van der Waals surface area contributed by atoms with E-state index in [4.69, 9.17) is 13.9 Å². The number of ether oxygens (including phenoxy) is 2. The first-order valence-corrected chi connectivity index (χ1v) is 11.8. The van der Waals surface area contributed by atoms with Gasteiger partial charge in [0, 0.05) is 10.8 Å². The van der Waals surface area contributed by atoms with Crippen LogP contribution in [-0.2, 0) is 4.79 Å². The number of ketones is 1. The van der Waals surface area contributed by atoms with Gasteiger partial charge in [-0.25, -0.2) is 4.98 Å². The normalized spacial score (nSPS) is 15.8. The van der Waals surface area contributed by atoms with Crippen LogP contribution in [0.4, 0.5) is 5.13 Å². The first-order valence-electron chi connectivity index (χ1n) is 11.0. The minimum absolute atomic E-state index is 0.00745. The molecule has 1 amide bonds. The third-order valence-corrected chi connectivity index (χ3v) is 6.68. The summed E-state index contributed by atoms with van der Waals surface area (Å²) in [7, 11) is 1.51. The first kappa shape index (κ1) is 22.7. The second-order valence-corrected chi connectivity index (χ2v) is 8.77. The molecule has 35 heavy (non-hydrogen) atoms. The minimum atomic E-state index is -0.897. The lowest BCUT2D eigenvalue weighted by Gasteiger charge is -2.24. The van der Waals surface area contributed by atoms with Crippen LogP contribution < -0.4 is 14.4 Å². The topological polar surface area (TPSA) is 102 Å². The predicted octanol–water partition coefficient (Wildman–Crippen LogP) is 5.39. The van der Waals surface area contributed by atoms with Crippen molar-refractivity contribution in [2.75, 3.05) is 18.6 Å². The zero-order valence-electron chi connectivity index (χ0n) is 19.3. The third kappa shape index (κ3) is 3.83. The molecule has 1 unspecified atom stereocenters. The second kappa shape index (κ2) is 8.92. The molecule has 0 aliphatic carbocycles. The van der Waals surface area contributed by atoms with Gasteiger partial charge in [-0.3, -0.25) is 14.5 Å². The maximum absolute atomic E-state index is 13.7. The van der Waals surface area contributed by atoms with E-state index in [1.807, 2.05) is 13.8 Å². The van der Waals surface area contributed by atoms with Crippen molar-refractivity contribution in [1.29, 1.82) is 0 Å². The number of hydrogen-bond donors (Lipinski definition) is 1. The zero-order valence-corrected chi connectivity index (χ0v) is 20.1. The number of fused-ring (bicyclic) bond motifs is 1. The Morgan fingerprint density at radius 1 is 1.23 bits per heavy atom. The molecule has 4 aromatic rings. The van der Waals surface area contributed by atoms with Crippen LogP contribution in [0.1, 0.15) is 34.8 Å². The van der Waals surface area contributed by atoms with E-state index >= 15 is 0 Å². The van der Waals surface area contributed by atoms with Gasteiger partial charge in [0.2, 0.25) is 5.78 Å². The summed E-state index contributed by atoms with van der Waals surface area (Å²) < 4.78 is 16.7. The van der Waals surface area contributed by atoms with Gasteiger partial charge in [-0.05, 0) is 43.7 Å². The molecule has 2 aromatic carbocycles. The molecule has 2 aromatic heterocycles. The summed E-state index contributed by atoms with van der Waals surface area (Å²) in [6.07, 6.45) is 0. The standard InChI is InChI=1S/C26H22N2O6S/c1-4-33-17-10-8-15(9-11-17)21-20(23(30)25(31)28(21)26-27-14(2)13-35-26)22(29)19-12-16-6-5-7-18(32-3)24(16)34-19/h5-13,21,30H,4H2,1-3H3. The molecule has 0 saturated carbocycles. The number of aromatic nitrogens is 1. The van der Waals surface area contributed by atoms with Gasteiger partial charge in [-0.15, -0.1) is 11.3 Å². The van der Waals surface area contributed by atoms with Crippen molar-refractivity contribution in [2.24, 2.45) is 0 Å². The van der Waals surface area contributed by atoms with E-state index in [1.165, 1.54) is 23.3 Å². The van der Waals surface area contributed by atoms with E-state index in [9.17, 15) is 14.7 Å². The number of aliphatic hydroxyl groups is 1. The number of carbonyl (C=O) groups excluding carboxylic acids is 2. The number of anilines is 1. The summed E-state index contributed by atoms with van der Waals surface area (Å²) in [4.78, 5) is 32.8. The lowest BCUT2D eigenvalue weighted by atomic mass is 9.95. The number of hydrogen-bond acceptors (Lipinski definition) is 8. The summed E-state index contributed by atoms with van der Waals surface area (Å²) in [6, 6.07) is 13.0. The maximum Gasteiger partial charge on any atom is 0.296 e. The van der Waals surface area contributed by atoms with Gasteiger partial charge in [-0.2, -0.15) is 0 Å². The Morgan fingerprint density at radius 2 is 2.00 bits per heavy atom. The van der Waals surface area contributed by atoms with Crippen LogP contribution in [0.3, 0.4) is 0 Å². The fourth-order valence-electron chi connectivity index (χ4n) is 4.16. The number of nitrogens with zero attached hydrogens (tertiary/aromatic N) is 2. The second-order valence-electron chi connectivity index (χ2n) is 7.93. The fourth-order valence-corrected chi connectivity index (χ4v) is 4.98. The van der Waals surface area contributed by atoms with Crippen molar-refractivity contribution in [2.45, 2.75) is 19.9 Å².